The van der Waals surface area contributed by atoms with Crippen molar-refractivity contribution in [2.75, 3.05) is 13.2 Å². The van der Waals surface area contributed by atoms with Crippen molar-refractivity contribution in [3.8, 4) is 0 Å². The van der Waals surface area contributed by atoms with E-state index in [0.717, 1.165) is 36.8 Å². The van der Waals surface area contributed by atoms with Crippen molar-refractivity contribution in [2.24, 2.45) is 0 Å². The molecule has 4 nitrogen and oxygen atoms in total. The number of hydrogen-bond donors (Lipinski definition) is 0. The van der Waals surface area contributed by atoms with Gasteiger partial charge in [0.1, 0.15) is 6.10 Å². The third kappa shape index (κ3) is 3.51. The molecule has 2 aromatic heterocycles. The number of likely N-dealkylation sites (tertiary alicyclic amines) is 1. The van der Waals surface area contributed by atoms with E-state index in [9.17, 15) is 0 Å². The molecule has 0 amide bonds. The Hall–Kier alpha value is -0.790. The number of nitrogens with zero attached hydrogens (tertiary/aromatic N) is 2. The highest BCUT2D eigenvalue weighted by Gasteiger charge is 2.44. The van der Waals surface area contributed by atoms with Crippen molar-refractivity contribution in [1.29, 1.82) is 0 Å². The zero-order chi connectivity index (χ0) is 15.6. The Labute approximate surface area is 145 Å². The summed E-state index contributed by atoms with van der Waals surface area (Å²) in [4.78, 5) is 7.04. The van der Waals surface area contributed by atoms with Crippen LogP contribution >= 0.6 is 22.7 Å². The Bertz CT molecular complexity index is 628. The number of aromatic nitrogens is 1. The van der Waals surface area contributed by atoms with Crippen molar-refractivity contribution in [3.05, 3.63) is 38.5 Å². The number of thiophene rings is 1. The van der Waals surface area contributed by atoms with E-state index in [1.165, 1.54) is 12.0 Å². The number of fused-ring (bicyclic) bond motifs is 1. The van der Waals surface area contributed by atoms with Gasteiger partial charge in [0.05, 0.1) is 23.4 Å². The zero-order valence-corrected chi connectivity index (χ0v) is 14.9. The molecule has 0 aromatic carbocycles. The molecule has 0 N–H and O–H groups in total. The molecule has 23 heavy (non-hydrogen) atoms. The van der Waals surface area contributed by atoms with Gasteiger partial charge in [-0.3, -0.25) is 4.90 Å². The fourth-order valence-electron chi connectivity index (χ4n) is 3.62. The number of rotatable bonds is 5. The molecule has 4 heterocycles. The maximum atomic E-state index is 6.20. The first-order valence-electron chi connectivity index (χ1n) is 8.19. The number of hydrogen-bond acceptors (Lipinski definition) is 6. The van der Waals surface area contributed by atoms with Gasteiger partial charge in [0.2, 0.25) is 0 Å². The van der Waals surface area contributed by atoms with E-state index in [1.54, 1.807) is 22.7 Å². The Morgan fingerprint density at radius 2 is 2.39 bits per heavy atom. The molecule has 0 bridgehead atoms. The fourth-order valence-corrected chi connectivity index (χ4v) is 4.87. The van der Waals surface area contributed by atoms with E-state index < -0.39 is 0 Å². The first-order valence-corrected chi connectivity index (χ1v) is 10.0. The quantitative estimate of drug-likeness (QED) is 0.827. The molecule has 6 heteroatoms. The molecule has 2 aliphatic heterocycles. The smallest absolute Gasteiger partial charge is 0.100 e. The van der Waals surface area contributed by atoms with Gasteiger partial charge in [-0.25, -0.2) is 4.98 Å². The van der Waals surface area contributed by atoms with Crippen LogP contribution in [-0.2, 0) is 22.6 Å². The van der Waals surface area contributed by atoms with Crippen LogP contribution in [0.1, 0.15) is 29.1 Å². The monoisotopic (exact) mass is 350 g/mol. The van der Waals surface area contributed by atoms with Crippen LogP contribution in [0.3, 0.4) is 0 Å². The molecule has 2 saturated heterocycles. The van der Waals surface area contributed by atoms with Gasteiger partial charge >= 0.3 is 0 Å². The van der Waals surface area contributed by atoms with E-state index in [0.29, 0.717) is 12.6 Å². The predicted molar refractivity (Wildman–Crippen MR) is 92.9 cm³/mol. The summed E-state index contributed by atoms with van der Waals surface area (Å²) in [5.74, 6) is 0. The summed E-state index contributed by atoms with van der Waals surface area (Å²) < 4.78 is 12.3. The third-order valence-corrected chi connectivity index (χ3v) is 6.22. The summed E-state index contributed by atoms with van der Waals surface area (Å²) in [6, 6.07) is 2.71. The molecule has 4 rings (SSSR count). The van der Waals surface area contributed by atoms with Crippen molar-refractivity contribution in [2.45, 2.75) is 51.2 Å². The lowest BCUT2D eigenvalue weighted by Crippen LogP contribution is -2.41. The highest BCUT2D eigenvalue weighted by molar-refractivity contribution is 7.09. The second-order valence-corrected chi connectivity index (χ2v) is 8.16. The standard InChI is InChI=1S/C17H22N2O2S2/c1-12-18-14(11-23-12)9-21-16-8-19(7-13-4-6-22-10-13)15-3-2-5-20-17(15)16/h4,6,10-11,15-17H,2-3,5,7-9H2,1H3/t15-,16-,17+/m1/s1. The van der Waals surface area contributed by atoms with Crippen LogP contribution in [0.25, 0.3) is 0 Å². The molecule has 0 radical (unpaired) electrons. The van der Waals surface area contributed by atoms with Crippen molar-refractivity contribution in [3.63, 3.8) is 0 Å². The topological polar surface area (TPSA) is 34.6 Å². The van der Waals surface area contributed by atoms with Gasteiger partial charge in [-0.15, -0.1) is 11.3 Å². The molecule has 2 aromatic rings. The van der Waals surface area contributed by atoms with Gasteiger partial charge < -0.3 is 9.47 Å². The zero-order valence-electron chi connectivity index (χ0n) is 13.3. The van der Waals surface area contributed by atoms with E-state index >= 15 is 0 Å². The highest BCUT2D eigenvalue weighted by atomic mass is 32.1. The summed E-state index contributed by atoms with van der Waals surface area (Å²) >= 11 is 3.45. The summed E-state index contributed by atoms with van der Waals surface area (Å²) in [5, 5.41) is 7.58. The van der Waals surface area contributed by atoms with Gasteiger partial charge in [-0.2, -0.15) is 11.3 Å². The Kier molecular flexibility index (Phi) is 4.78. The molecular formula is C17H22N2O2S2. The molecule has 2 fully saturated rings. The Morgan fingerprint density at radius 1 is 1.43 bits per heavy atom. The van der Waals surface area contributed by atoms with E-state index in [4.69, 9.17) is 9.47 Å². The van der Waals surface area contributed by atoms with Crippen LogP contribution in [0.15, 0.2) is 22.2 Å². The lowest BCUT2D eigenvalue weighted by Gasteiger charge is -2.32. The van der Waals surface area contributed by atoms with Gasteiger partial charge in [0, 0.05) is 31.1 Å². The minimum absolute atomic E-state index is 0.154. The van der Waals surface area contributed by atoms with Crippen LogP contribution in [-0.4, -0.2) is 41.3 Å². The molecule has 0 saturated carbocycles. The minimum Gasteiger partial charge on any atom is -0.374 e. The highest BCUT2D eigenvalue weighted by Crippen LogP contribution is 2.32. The average Bonchev–Trinajstić information content (AvgIpc) is 3.28. The number of thiazole rings is 1. The summed E-state index contributed by atoms with van der Waals surface area (Å²) in [5.41, 5.74) is 2.44. The van der Waals surface area contributed by atoms with Crippen LogP contribution in [0.4, 0.5) is 0 Å². The van der Waals surface area contributed by atoms with Gasteiger partial charge in [0.15, 0.2) is 0 Å². The Morgan fingerprint density at radius 3 is 3.17 bits per heavy atom. The molecule has 3 atom stereocenters. The normalized spacial score (nSPS) is 28.1. The van der Waals surface area contributed by atoms with Gasteiger partial charge in [0.25, 0.3) is 0 Å². The number of ether oxygens (including phenoxy) is 2. The lowest BCUT2D eigenvalue weighted by atomic mass is 10.0. The fraction of sp³-hybridized carbons (Fsp3) is 0.588. The van der Waals surface area contributed by atoms with E-state index in [1.807, 2.05) is 6.92 Å². The van der Waals surface area contributed by atoms with Crippen LogP contribution in [0, 0.1) is 6.92 Å². The average molecular weight is 351 g/mol. The molecule has 124 valence electrons. The molecular weight excluding hydrogens is 328 g/mol. The van der Waals surface area contributed by atoms with Crippen LogP contribution in [0.2, 0.25) is 0 Å². The summed E-state index contributed by atoms with van der Waals surface area (Å²) in [6.07, 6.45) is 2.73. The summed E-state index contributed by atoms with van der Waals surface area (Å²) in [6.45, 7) is 5.45. The predicted octanol–water partition coefficient (Wildman–Crippen LogP) is 3.46. The van der Waals surface area contributed by atoms with Crippen molar-refractivity contribution in [1.82, 2.24) is 9.88 Å². The second kappa shape index (κ2) is 6.99. The van der Waals surface area contributed by atoms with Crippen molar-refractivity contribution >= 4 is 22.7 Å². The maximum Gasteiger partial charge on any atom is 0.100 e. The summed E-state index contributed by atoms with van der Waals surface area (Å²) in [7, 11) is 0. The van der Waals surface area contributed by atoms with Crippen LogP contribution in [0.5, 0.6) is 0 Å². The van der Waals surface area contributed by atoms with Crippen LogP contribution < -0.4 is 0 Å². The number of aryl methyl sites for hydroxylation is 1. The van der Waals surface area contributed by atoms with Crippen molar-refractivity contribution < 1.29 is 9.47 Å². The maximum absolute atomic E-state index is 6.20. The molecule has 0 unspecified atom stereocenters. The molecule has 0 spiro atoms. The van der Waals surface area contributed by atoms with E-state index in [-0.39, 0.29) is 12.2 Å². The largest absolute Gasteiger partial charge is 0.374 e. The van der Waals surface area contributed by atoms with Gasteiger partial charge in [-0.1, -0.05) is 0 Å². The third-order valence-electron chi connectivity index (χ3n) is 4.66. The van der Waals surface area contributed by atoms with Gasteiger partial charge in [-0.05, 0) is 42.2 Å². The second-order valence-electron chi connectivity index (χ2n) is 6.31. The molecule has 0 aliphatic carbocycles. The molecule has 2 aliphatic rings. The minimum atomic E-state index is 0.154. The SMILES string of the molecule is Cc1nc(CO[C@@H]2CN(Cc3ccsc3)[C@@H]3CCCO[C@@H]32)cs1. The first kappa shape index (κ1) is 15.7. The van der Waals surface area contributed by atoms with E-state index in [2.05, 4.69) is 32.1 Å². The Balaban J connectivity index is 1.42. The lowest BCUT2D eigenvalue weighted by molar-refractivity contribution is -0.0823. The first-order chi connectivity index (χ1) is 11.3.